The van der Waals surface area contributed by atoms with Gasteiger partial charge in [0.05, 0.1) is 25.5 Å². The van der Waals surface area contributed by atoms with Gasteiger partial charge in [0.25, 0.3) is 11.8 Å². The van der Waals surface area contributed by atoms with E-state index in [4.69, 9.17) is 14.2 Å². The second-order valence-electron chi connectivity index (χ2n) is 8.23. The van der Waals surface area contributed by atoms with Gasteiger partial charge in [0.2, 0.25) is 0 Å². The fourth-order valence-electron chi connectivity index (χ4n) is 3.69. The molecule has 7 nitrogen and oxygen atoms in total. The molecule has 0 radical (unpaired) electrons. The van der Waals surface area contributed by atoms with Gasteiger partial charge < -0.3 is 24.4 Å². The Bertz CT molecular complexity index is 967. The molecule has 0 aliphatic carbocycles. The second kappa shape index (κ2) is 10.4. The average molecular weight is 441 g/mol. The minimum absolute atomic E-state index is 0.142. The summed E-state index contributed by atoms with van der Waals surface area (Å²) in [5.74, 6) is 1.34. The van der Waals surface area contributed by atoms with Gasteiger partial charge in [-0.1, -0.05) is 26.0 Å². The highest BCUT2D eigenvalue weighted by Crippen LogP contribution is 2.34. The van der Waals surface area contributed by atoms with Gasteiger partial charge in [-0.05, 0) is 49.4 Å². The van der Waals surface area contributed by atoms with Crippen LogP contribution in [0.5, 0.6) is 17.2 Å². The third kappa shape index (κ3) is 5.33. The summed E-state index contributed by atoms with van der Waals surface area (Å²) in [6.45, 7) is 7.29. The monoisotopic (exact) mass is 440 g/mol. The summed E-state index contributed by atoms with van der Waals surface area (Å²) in [6, 6.07) is 10.9. The third-order valence-electron chi connectivity index (χ3n) is 5.61. The highest BCUT2D eigenvalue weighted by Gasteiger charge is 2.26. The number of nitrogens with zero attached hydrogens (tertiary/aromatic N) is 1. The first-order valence-corrected chi connectivity index (χ1v) is 11.0. The summed E-state index contributed by atoms with van der Waals surface area (Å²) in [5, 5.41) is 2.85. The number of amides is 2. The van der Waals surface area contributed by atoms with E-state index in [1.165, 1.54) is 14.2 Å². The first-order chi connectivity index (χ1) is 15.3. The van der Waals surface area contributed by atoms with Crippen LogP contribution in [0.15, 0.2) is 36.4 Å². The van der Waals surface area contributed by atoms with Crippen LogP contribution in [-0.2, 0) is 4.79 Å². The van der Waals surface area contributed by atoms with Crippen molar-refractivity contribution in [2.75, 3.05) is 32.6 Å². The number of anilines is 1. The molecule has 32 heavy (non-hydrogen) atoms. The number of carbonyl (C=O) groups is 2. The number of carbonyl (C=O) groups excluding carboxylic acids is 2. The Labute approximate surface area is 189 Å². The van der Waals surface area contributed by atoms with Crippen molar-refractivity contribution in [1.29, 1.82) is 0 Å². The molecule has 0 bridgehead atoms. The number of likely N-dealkylation sites (tertiary alicyclic amines) is 1. The molecular formula is C25H32N2O5. The molecule has 3 rings (SSSR count). The molecule has 2 amide bonds. The van der Waals surface area contributed by atoms with E-state index in [2.05, 4.69) is 19.2 Å². The summed E-state index contributed by atoms with van der Waals surface area (Å²) in [6.07, 6.45) is 1.18. The molecule has 1 heterocycles. The zero-order valence-electron chi connectivity index (χ0n) is 19.4. The molecular weight excluding hydrogens is 408 g/mol. The van der Waals surface area contributed by atoms with E-state index in [0.717, 1.165) is 18.4 Å². The van der Waals surface area contributed by atoms with Crippen LogP contribution >= 0.6 is 0 Å². The maximum absolute atomic E-state index is 13.1. The van der Waals surface area contributed by atoms with Crippen LogP contribution < -0.4 is 19.5 Å². The van der Waals surface area contributed by atoms with Crippen molar-refractivity contribution >= 4 is 17.5 Å². The normalized spacial score (nSPS) is 14.2. The van der Waals surface area contributed by atoms with E-state index < -0.39 is 6.10 Å². The van der Waals surface area contributed by atoms with Gasteiger partial charge in [-0.2, -0.15) is 0 Å². The molecule has 1 N–H and O–H groups in total. The molecule has 1 saturated heterocycles. The Kier molecular flexibility index (Phi) is 7.62. The molecule has 1 aliphatic heterocycles. The van der Waals surface area contributed by atoms with Crippen LogP contribution in [0, 0.1) is 0 Å². The van der Waals surface area contributed by atoms with E-state index in [1.807, 2.05) is 24.3 Å². The SMILES string of the molecule is COc1cc(NC(=O)C(C)Oc2cccc(C(C)C)c2)c(C(=O)N2CCCC2)cc1OC. The smallest absolute Gasteiger partial charge is 0.265 e. The van der Waals surface area contributed by atoms with Gasteiger partial charge in [-0.25, -0.2) is 0 Å². The van der Waals surface area contributed by atoms with Crippen LogP contribution in [-0.4, -0.2) is 50.1 Å². The van der Waals surface area contributed by atoms with Gasteiger partial charge in [-0.15, -0.1) is 0 Å². The summed E-state index contributed by atoms with van der Waals surface area (Å²) < 4.78 is 16.6. The highest BCUT2D eigenvalue weighted by atomic mass is 16.5. The zero-order chi connectivity index (χ0) is 23.3. The van der Waals surface area contributed by atoms with E-state index in [1.54, 1.807) is 24.0 Å². The number of hydrogen-bond donors (Lipinski definition) is 1. The van der Waals surface area contributed by atoms with E-state index >= 15 is 0 Å². The molecule has 2 aromatic rings. The van der Waals surface area contributed by atoms with Crippen molar-refractivity contribution in [3.63, 3.8) is 0 Å². The molecule has 1 aliphatic rings. The Balaban J connectivity index is 1.83. The lowest BCUT2D eigenvalue weighted by molar-refractivity contribution is -0.122. The number of nitrogens with one attached hydrogen (secondary N) is 1. The van der Waals surface area contributed by atoms with Gasteiger partial charge >= 0.3 is 0 Å². The standard InChI is InChI=1S/C25H32N2O5/c1-16(2)18-9-8-10-19(13-18)32-17(3)24(28)26-21-15-23(31-5)22(30-4)14-20(21)25(29)27-11-6-7-12-27/h8-10,13-17H,6-7,11-12H2,1-5H3,(H,26,28). The fourth-order valence-corrected chi connectivity index (χ4v) is 3.69. The zero-order valence-corrected chi connectivity index (χ0v) is 19.4. The number of benzene rings is 2. The molecule has 1 atom stereocenters. The molecule has 172 valence electrons. The summed E-state index contributed by atoms with van der Waals surface area (Å²) in [4.78, 5) is 27.9. The Hall–Kier alpha value is -3.22. The van der Waals surface area contributed by atoms with E-state index in [-0.39, 0.29) is 11.8 Å². The average Bonchev–Trinajstić information content (AvgIpc) is 3.33. The van der Waals surface area contributed by atoms with Crippen molar-refractivity contribution < 1.29 is 23.8 Å². The van der Waals surface area contributed by atoms with Gasteiger partial charge in [0, 0.05) is 19.2 Å². The predicted molar refractivity (Wildman–Crippen MR) is 124 cm³/mol. The Morgan fingerprint density at radius 3 is 2.25 bits per heavy atom. The number of rotatable bonds is 8. The molecule has 0 spiro atoms. The number of hydrogen-bond acceptors (Lipinski definition) is 5. The Morgan fingerprint density at radius 2 is 1.62 bits per heavy atom. The van der Waals surface area contributed by atoms with Crippen molar-refractivity contribution in [2.24, 2.45) is 0 Å². The van der Waals surface area contributed by atoms with Crippen molar-refractivity contribution in [3.8, 4) is 17.2 Å². The first kappa shape index (κ1) is 23.4. The van der Waals surface area contributed by atoms with Crippen LogP contribution in [0.4, 0.5) is 5.69 Å². The van der Waals surface area contributed by atoms with Crippen molar-refractivity contribution in [1.82, 2.24) is 4.90 Å². The van der Waals surface area contributed by atoms with Crippen LogP contribution in [0.3, 0.4) is 0 Å². The molecule has 0 saturated carbocycles. The molecule has 1 fully saturated rings. The predicted octanol–water partition coefficient (Wildman–Crippen LogP) is 4.47. The van der Waals surface area contributed by atoms with Gasteiger partial charge in [0.15, 0.2) is 17.6 Å². The fraction of sp³-hybridized carbons (Fsp3) is 0.440. The molecule has 2 aromatic carbocycles. The highest BCUT2D eigenvalue weighted by molar-refractivity contribution is 6.05. The van der Waals surface area contributed by atoms with Gasteiger partial charge in [-0.3, -0.25) is 9.59 Å². The van der Waals surface area contributed by atoms with Crippen LogP contribution in [0.25, 0.3) is 0 Å². The topological polar surface area (TPSA) is 77.1 Å². The van der Waals surface area contributed by atoms with Crippen molar-refractivity contribution in [2.45, 2.75) is 45.6 Å². The minimum Gasteiger partial charge on any atom is -0.493 e. The summed E-state index contributed by atoms with van der Waals surface area (Å²) in [7, 11) is 3.03. The number of methoxy groups -OCH3 is 2. The summed E-state index contributed by atoms with van der Waals surface area (Å²) >= 11 is 0. The molecule has 7 heteroatoms. The lowest BCUT2D eigenvalue weighted by Crippen LogP contribution is -2.32. The third-order valence-corrected chi connectivity index (χ3v) is 5.61. The second-order valence-corrected chi connectivity index (χ2v) is 8.23. The van der Waals surface area contributed by atoms with Crippen LogP contribution in [0.1, 0.15) is 55.5 Å². The van der Waals surface area contributed by atoms with Crippen LogP contribution in [0.2, 0.25) is 0 Å². The van der Waals surface area contributed by atoms with E-state index in [0.29, 0.717) is 47.5 Å². The van der Waals surface area contributed by atoms with E-state index in [9.17, 15) is 9.59 Å². The summed E-state index contributed by atoms with van der Waals surface area (Å²) in [5.41, 5.74) is 1.87. The maximum Gasteiger partial charge on any atom is 0.265 e. The lowest BCUT2D eigenvalue weighted by atomic mass is 10.0. The van der Waals surface area contributed by atoms with Crippen molar-refractivity contribution in [3.05, 3.63) is 47.5 Å². The maximum atomic E-state index is 13.1. The molecule has 1 unspecified atom stereocenters. The minimum atomic E-state index is -0.764. The quantitative estimate of drug-likeness (QED) is 0.655. The molecule has 0 aromatic heterocycles. The van der Waals surface area contributed by atoms with Gasteiger partial charge in [0.1, 0.15) is 5.75 Å². The first-order valence-electron chi connectivity index (χ1n) is 11.0. The Morgan fingerprint density at radius 1 is 0.969 bits per heavy atom. The largest absolute Gasteiger partial charge is 0.493 e. The number of ether oxygens (including phenoxy) is 3. The lowest BCUT2D eigenvalue weighted by Gasteiger charge is -2.21.